The van der Waals surface area contributed by atoms with E-state index in [0.717, 1.165) is 4.68 Å². The molecule has 12 heteroatoms. The largest absolute Gasteiger partial charge is 0.480 e. The summed E-state index contributed by atoms with van der Waals surface area (Å²) in [5, 5.41) is 18.3. The first-order valence-electron chi connectivity index (χ1n) is 6.78. The number of aromatic nitrogens is 4. The molecule has 0 aliphatic heterocycles. The Hall–Kier alpha value is -3.18. The van der Waals surface area contributed by atoms with E-state index >= 15 is 0 Å². The maximum atomic E-state index is 12.1. The van der Waals surface area contributed by atoms with Gasteiger partial charge in [-0.1, -0.05) is 11.3 Å². The molecule has 25 heavy (non-hydrogen) atoms. The van der Waals surface area contributed by atoms with Crippen molar-refractivity contribution in [1.82, 2.24) is 25.3 Å². The van der Waals surface area contributed by atoms with E-state index in [2.05, 4.69) is 25.3 Å². The smallest absolute Gasteiger partial charge is 0.422 e. The first-order chi connectivity index (χ1) is 11.7. The van der Waals surface area contributed by atoms with Crippen LogP contribution in [0.5, 0.6) is 5.88 Å². The van der Waals surface area contributed by atoms with Crippen LogP contribution < -0.4 is 10.1 Å². The summed E-state index contributed by atoms with van der Waals surface area (Å²) >= 11 is 0. The van der Waals surface area contributed by atoms with E-state index in [4.69, 9.17) is 5.11 Å². The van der Waals surface area contributed by atoms with Crippen LogP contribution in [0.15, 0.2) is 24.4 Å². The molecule has 0 spiro atoms. The molecule has 1 amide bonds. The van der Waals surface area contributed by atoms with Crippen LogP contribution in [-0.4, -0.2) is 49.7 Å². The van der Waals surface area contributed by atoms with Crippen molar-refractivity contribution in [1.29, 1.82) is 0 Å². The number of hydrogen-bond donors (Lipinski definition) is 2. The van der Waals surface area contributed by atoms with E-state index in [1.807, 2.05) is 0 Å². The minimum atomic E-state index is -4.51. The van der Waals surface area contributed by atoms with Crippen molar-refractivity contribution in [2.45, 2.75) is 19.3 Å². The van der Waals surface area contributed by atoms with Gasteiger partial charge >= 0.3 is 12.1 Å². The summed E-state index contributed by atoms with van der Waals surface area (Å²) in [4.78, 5) is 26.2. The molecular weight excluding hydrogens is 347 g/mol. The van der Waals surface area contributed by atoms with Crippen LogP contribution >= 0.6 is 0 Å². The van der Waals surface area contributed by atoms with Crippen molar-refractivity contribution in [2.24, 2.45) is 0 Å². The van der Waals surface area contributed by atoms with Crippen LogP contribution in [0.25, 0.3) is 0 Å². The number of halogens is 3. The monoisotopic (exact) mass is 359 g/mol. The highest BCUT2D eigenvalue weighted by atomic mass is 19.4. The van der Waals surface area contributed by atoms with Crippen LogP contribution in [0, 0.1) is 0 Å². The van der Waals surface area contributed by atoms with Gasteiger partial charge < -0.3 is 15.2 Å². The average molecular weight is 359 g/mol. The molecule has 0 saturated heterocycles. The number of nitrogens with one attached hydrogen (secondary N) is 1. The molecule has 2 N–H and O–H groups in total. The number of carbonyl (C=O) groups excluding carboxylic acids is 1. The van der Waals surface area contributed by atoms with Crippen molar-refractivity contribution < 1.29 is 32.6 Å². The van der Waals surface area contributed by atoms with Crippen LogP contribution in [0.3, 0.4) is 0 Å². The van der Waals surface area contributed by atoms with Gasteiger partial charge in [0.25, 0.3) is 5.91 Å². The van der Waals surface area contributed by atoms with Gasteiger partial charge in [-0.15, -0.1) is 5.10 Å². The second kappa shape index (κ2) is 7.59. The van der Waals surface area contributed by atoms with Crippen LogP contribution in [0.1, 0.15) is 16.2 Å². The topological polar surface area (TPSA) is 119 Å². The van der Waals surface area contributed by atoms with Gasteiger partial charge in [0.15, 0.2) is 6.61 Å². The number of amides is 1. The van der Waals surface area contributed by atoms with Crippen LogP contribution in [0.4, 0.5) is 13.2 Å². The van der Waals surface area contributed by atoms with Crippen molar-refractivity contribution in [3.05, 3.63) is 35.8 Å². The van der Waals surface area contributed by atoms with Crippen LogP contribution in [0.2, 0.25) is 0 Å². The molecule has 9 nitrogen and oxygen atoms in total. The number of carboxylic acids is 1. The molecule has 0 fully saturated rings. The Labute approximate surface area is 138 Å². The Morgan fingerprint density at radius 3 is 2.76 bits per heavy atom. The van der Waals surface area contributed by atoms with Crippen molar-refractivity contribution >= 4 is 11.9 Å². The van der Waals surface area contributed by atoms with E-state index < -0.39 is 24.7 Å². The fraction of sp³-hybridized carbons (Fsp3) is 0.308. The lowest BCUT2D eigenvalue weighted by atomic mass is 10.3. The zero-order valence-electron chi connectivity index (χ0n) is 12.5. The summed E-state index contributed by atoms with van der Waals surface area (Å²) in [6, 6.07) is 3.83. The number of carbonyl (C=O) groups is 2. The summed E-state index contributed by atoms with van der Waals surface area (Å²) < 4.78 is 41.9. The number of rotatable bonds is 7. The maximum absolute atomic E-state index is 12.1. The predicted octanol–water partition coefficient (Wildman–Crippen LogP) is 0.629. The molecule has 0 bridgehead atoms. The van der Waals surface area contributed by atoms with Gasteiger partial charge in [0.2, 0.25) is 5.88 Å². The minimum absolute atomic E-state index is 0.0617. The van der Waals surface area contributed by atoms with Crippen LogP contribution in [-0.2, 0) is 17.9 Å². The molecule has 2 heterocycles. The number of aliphatic carboxylic acids is 1. The summed E-state index contributed by atoms with van der Waals surface area (Å²) in [5.74, 6) is -2.09. The van der Waals surface area contributed by atoms with Crippen molar-refractivity contribution in [2.75, 3.05) is 6.61 Å². The summed E-state index contributed by atoms with van der Waals surface area (Å²) in [6.45, 7) is -1.95. The fourth-order valence-corrected chi connectivity index (χ4v) is 1.67. The van der Waals surface area contributed by atoms with E-state index in [1.165, 1.54) is 24.4 Å². The van der Waals surface area contributed by atoms with Gasteiger partial charge in [-0.2, -0.15) is 13.2 Å². The standard InChI is InChI=1S/C13H12F3N5O4/c14-13(15,16)7-25-10-3-1-2-9(18-10)12(24)17-4-8-5-21(20-19-8)6-11(22)23/h1-3,5H,4,6-7H2,(H,17,24)(H,22,23). The van der Waals surface area contributed by atoms with E-state index in [0.29, 0.717) is 5.69 Å². The fourth-order valence-electron chi connectivity index (χ4n) is 1.67. The normalized spacial score (nSPS) is 11.2. The summed E-state index contributed by atoms with van der Waals surface area (Å²) in [5.41, 5.74) is 0.164. The maximum Gasteiger partial charge on any atom is 0.422 e. The molecule has 0 unspecified atom stereocenters. The molecule has 134 valence electrons. The SMILES string of the molecule is O=C(O)Cn1cc(CNC(=O)c2cccc(OCC(F)(F)F)n2)nn1. The highest BCUT2D eigenvalue weighted by molar-refractivity contribution is 5.92. The molecule has 2 aromatic rings. The van der Waals surface area contributed by atoms with E-state index in [9.17, 15) is 22.8 Å². The van der Waals surface area contributed by atoms with E-state index in [1.54, 1.807) is 0 Å². The molecule has 0 aliphatic carbocycles. The number of nitrogens with zero attached hydrogens (tertiary/aromatic N) is 4. The van der Waals surface area contributed by atoms with Gasteiger partial charge in [-0.25, -0.2) is 9.67 Å². The molecule has 0 aliphatic rings. The Kier molecular flexibility index (Phi) is 5.52. The molecular formula is C13H12F3N5O4. The second-order valence-corrected chi connectivity index (χ2v) is 4.75. The van der Waals surface area contributed by atoms with Gasteiger partial charge in [-0.3, -0.25) is 9.59 Å². The number of pyridine rings is 1. The zero-order chi connectivity index (χ0) is 18.4. The van der Waals surface area contributed by atoms with Gasteiger partial charge in [-0.05, 0) is 6.07 Å². The number of carboxylic acid groups (broad SMARTS) is 1. The lowest BCUT2D eigenvalue weighted by molar-refractivity contribution is -0.154. The second-order valence-electron chi connectivity index (χ2n) is 4.75. The third-order valence-electron chi connectivity index (χ3n) is 2.65. The highest BCUT2D eigenvalue weighted by Gasteiger charge is 2.28. The molecule has 0 aromatic carbocycles. The molecule has 2 rings (SSSR count). The zero-order valence-corrected chi connectivity index (χ0v) is 12.5. The van der Waals surface area contributed by atoms with Crippen molar-refractivity contribution in [3.8, 4) is 5.88 Å². The minimum Gasteiger partial charge on any atom is -0.480 e. The quantitative estimate of drug-likeness (QED) is 0.744. The average Bonchev–Trinajstić information content (AvgIpc) is 2.97. The lowest BCUT2D eigenvalue weighted by Gasteiger charge is -2.09. The predicted molar refractivity (Wildman–Crippen MR) is 74.6 cm³/mol. The Bertz CT molecular complexity index is 762. The molecule has 0 radical (unpaired) electrons. The highest BCUT2D eigenvalue weighted by Crippen LogP contribution is 2.17. The van der Waals surface area contributed by atoms with Gasteiger partial charge in [0.05, 0.1) is 12.7 Å². The number of ether oxygens (including phenoxy) is 1. The van der Waals surface area contributed by atoms with Crippen molar-refractivity contribution in [3.63, 3.8) is 0 Å². The summed E-state index contributed by atoms with van der Waals surface area (Å²) in [6.07, 6.45) is -3.17. The van der Waals surface area contributed by atoms with Gasteiger partial charge in [0.1, 0.15) is 17.9 Å². The Morgan fingerprint density at radius 2 is 2.08 bits per heavy atom. The summed E-state index contributed by atoms with van der Waals surface area (Å²) in [7, 11) is 0. The van der Waals surface area contributed by atoms with Gasteiger partial charge in [0, 0.05) is 6.07 Å². The number of alkyl halides is 3. The molecule has 2 aromatic heterocycles. The number of hydrogen-bond acceptors (Lipinski definition) is 6. The third-order valence-corrected chi connectivity index (χ3v) is 2.65. The Morgan fingerprint density at radius 1 is 1.32 bits per heavy atom. The molecule has 0 saturated carbocycles. The first-order valence-corrected chi connectivity index (χ1v) is 6.78. The Balaban J connectivity index is 1.92. The first kappa shape index (κ1) is 18.2. The third kappa shape index (κ3) is 6.08. The lowest BCUT2D eigenvalue weighted by Crippen LogP contribution is -2.24. The van der Waals surface area contributed by atoms with E-state index in [-0.39, 0.29) is 24.7 Å². The molecule has 0 atom stereocenters.